The van der Waals surface area contributed by atoms with E-state index in [1.54, 1.807) is 0 Å². The largest absolute Gasteiger partial charge is 0.335 e. The highest BCUT2D eigenvalue weighted by Gasteiger charge is 2.30. The molecule has 1 unspecified atom stereocenters. The average molecular weight is 225 g/mol. The van der Waals surface area contributed by atoms with Crippen molar-refractivity contribution in [2.45, 2.75) is 45.2 Å². The molecule has 16 heavy (non-hydrogen) atoms. The Morgan fingerprint density at radius 3 is 2.75 bits per heavy atom. The first kappa shape index (κ1) is 11.7. The van der Waals surface area contributed by atoms with Crippen LogP contribution in [0.25, 0.3) is 0 Å². The lowest BCUT2D eigenvalue weighted by atomic mass is 9.82. The van der Waals surface area contributed by atoms with E-state index < -0.39 is 0 Å². The van der Waals surface area contributed by atoms with Gasteiger partial charge in [-0.25, -0.2) is 4.79 Å². The number of hydrogen-bond donors (Lipinski definition) is 2. The second-order valence-electron chi connectivity index (χ2n) is 5.16. The standard InChI is InChI=1S/C12H23N3O/c1-3-15(11-4-5-13-8-11)12(16)14-10-6-9(2)7-10/h9-11,13H,3-8H2,1-2H3,(H,14,16). The summed E-state index contributed by atoms with van der Waals surface area (Å²) in [6.07, 6.45) is 3.38. The molecule has 0 aromatic heterocycles. The predicted octanol–water partition coefficient (Wildman–Crippen LogP) is 1.18. The van der Waals surface area contributed by atoms with Gasteiger partial charge in [-0.1, -0.05) is 6.92 Å². The molecule has 1 saturated heterocycles. The van der Waals surface area contributed by atoms with Gasteiger partial charge in [0, 0.05) is 25.2 Å². The zero-order valence-corrected chi connectivity index (χ0v) is 10.3. The Bertz CT molecular complexity index is 245. The number of carbonyl (C=O) groups is 1. The topological polar surface area (TPSA) is 44.4 Å². The summed E-state index contributed by atoms with van der Waals surface area (Å²) in [6, 6.07) is 0.946. The summed E-state index contributed by atoms with van der Waals surface area (Å²) in [5.41, 5.74) is 0. The molecule has 1 aliphatic heterocycles. The van der Waals surface area contributed by atoms with Crippen molar-refractivity contribution in [2.75, 3.05) is 19.6 Å². The molecule has 2 N–H and O–H groups in total. The highest BCUT2D eigenvalue weighted by atomic mass is 16.2. The minimum Gasteiger partial charge on any atom is -0.335 e. The van der Waals surface area contributed by atoms with Crippen LogP contribution in [0.1, 0.15) is 33.1 Å². The molecule has 2 rings (SSSR count). The van der Waals surface area contributed by atoms with Gasteiger partial charge in [0.1, 0.15) is 0 Å². The van der Waals surface area contributed by atoms with Crippen molar-refractivity contribution in [2.24, 2.45) is 5.92 Å². The van der Waals surface area contributed by atoms with Crippen molar-refractivity contribution >= 4 is 6.03 Å². The van der Waals surface area contributed by atoms with Crippen LogP contribution in [0.3, 0.4) is 0 Å². The molecule has 1 heterocycles. The third kappa shape index (κ3) is 2.48. The van der Waals surface area contributed by atoms with Crippen LogP contribution in [-0.2, 0) is 0 Å². The molecule has 2 fully saturated rings. The molecule has 0 radical (unpaired) electrons. The van der Waals surface area contributed by atoms with E-state index in [1.165, 1.54) is 0 Å². The summed E-state index contributed by atoms with van der Waals surface area (Å²) >= 11 is 0. The van der Waals surface area contributed by atoms with Crippen LogP contribution in [-0.4, -0.2) is 42.6 Å². The second-order valence-corrected chi connectivity index (χ2v) is 5.16. The van der Waals surface area contributed by atoms with Crippen LogP contribution < -0.4 is 10.6 Å². The maximum Gasteiger partial charge on any atom is 0.317 e. The van der Waals surface area contributed by atoms with Crippen molar-refractivity contribution in [3.8, 4) is 0 Å². The molecule has 92 valence electrons. The highest BCUT2D eigenvalue weighted by Crippen LogP contribution is 2.26. The fraction of sp³-hybridized carbons (Fsp3) is 0.917. The molecule has 1 aliphatic carbocycles. The molecule has 1 atom stereocenters. The summed E-state index contributed by atoms with van der Waals surface area (Å²) in [5, 5.41) is 6.44. The number of likely N-dealkylation sites (N-methyl/N-ethyl adjacent to an activating group) is 1. The van der Waals surface area contributed by atoms with Crippen LogP contribution in [0, 0.1) is 5.92 Å². The molecule has 0 aromatic carbocycles. The Hall–Kier alpha value is -0.770. The zero-order valence-electron chi connectivity index (χ0n) is 10.3. The van der Waals surface area contributed by atoms with E-state index in [9.17, 15) is 4.79 Å². The number of hydrogen-bond acceptors (Lipinski definition) is 2. The Balaban J connectivity index is 1.81. The van der Waals surface area contributed by atoms with Crippen LogP contribution >= 0.6 is 0 Å². The quantitative estimate of drug-likeness (QED) is 0.757. The monoisotopic (exact) mass is 225 g/mol. The molecule has 4 nitrogen and oxygen atoms in total. The van der Waals surface area contributed by atoms with Crippen LogP contribution in [0.4, 0.5) is 4.79 Å². The van der Waals surface area contributed by atoms with Crippen molar-refractivity contribution in [1.82, 2.24) is 15.5 Å². The van der Waals surface area contributed by atoms with E-state index in [-0.39, 0.29) is 6.03 Å². The lowest BCUT2D eigenvalue weighted by molar-refractivity contribution is 0.162. The van der Waals surface area contributed by atoms with Gasteiger partial charge < -0.3 is 15.5 Å². The summed E-state index contributed by atoms with van der Waals surface area (Å²) in [7, 11) is 0. The third-order valence-corrected chi connectivity index (χ3v) is 3.78. The van der Waals surface area contributed by atoms with Crippen LogP contribution in [0.2, 0.25) is 0 Å². The highest BCUT2D eigenvalue weighted by molar-refractivity contribution is 5.75. The minimum atomic E-state index is 0.133. The normalized spacial score (nSPS) is 33.2. The lowest BCUT2D eigenvalue weighted by Crippen LogP contribution is -2.52. The van der Waals surface area contributed by atoms with E-state index in [0.29, 0.717) is 12.1 Å². The predicted molar refractivity (Wildman–Crippen MR) is 64.4 cm³/mol. The zero-order chi connectivity index (χ0) is 11.5. The van der Waals surface area contributed by atoms with Gasteiger partial charge in [-0.3, -0.25) is 0 Å². The maximum atomic E-state index is 12.1. The number of urea groups is 1. The maximum absolute atomic E-state index is 12.1. The molecule has 1 saturated carbocycles. The molecule has 2 amide bonds. The Kier molecular flexibility index (Phi) is 3.69. The fourth-order valence-corrected chi connectivity index (χ4v) is 2.75. The SMILES string of the molecule is CCN(C(=O)NC1CC(C)C1)C1CCNC1. The van der Waals surface area contributed by atoms with E-state index in [4.69, 9.17) is 0 Å². The smallest absolute Gasteiger partial charge is 0.317 e. The lowest BCUT2D eigenvalue weighted by Gasteiger charge is -2.36. The van der Waals surface area contributed by atoms with Gasteiger partial charge in [-0.2, -0.15) is 0 Å². The van der Waals surface area contributed by atoms with Crippen molar-refractivity contribution < 1.29 is 4.79 Å². The molecule has 0 bridgehead atoms. The van der Waals surface area contributed by atoms with E-state index >= 15 is 0 Å². The van der Waals surface area contributed by atoms with E-state index in [2.05, 4.69) is 24.5 Å². The third-order valence-electron chi connectivity index (χ3n) is 3.78. The molecular weight excluding hydrogens is 202 g/mol. The first-order chi connectivity index (χ1) is 7.70. The molecule has 0 aromatic rings. The van der Waals surface area contributed by atoms with Crippen molar-refractivity contribution in [1.29, 1.82) is 0 Å². The summed E-state index contributed by atoms with van der Waals surface area (Å²) in [6.45, 7) is 7.08. The van der Waals surface area contributed by atoms with Gasteiger partial charge in [-0.05, 0) is 38.6 Å². The molecule has 4 heteroatoms. The summed E-state index contributed by atoms with van der Waals surface area (Å²) in [4.78, 5) is 14.0. The Labute approximate surface area is 97.8 Å². The second kappa shape index (κ2) is 5.04. The number of amides is 2. The van der Waals surface area contributed by atoms with Crippen molar-refractivity contribution in [3.63, 3.8) is 0 Å². The fourth-order valence-electron chi connectivity index (χ4n) is 2.75. The first-order valence-electron chi connectivity index (χ1n) is 6.48. The van der Waals surface area contributed by atoms with Crippen LogP contribution in [0.5, 0.6) is 0 Å². The number of nitrogens with zero attached hydrogens (tertiary/aromatic N) is 1. The number of carbonyl (C=O) groups excluding carboxylic acids is 1. The van der Waals surface area contributed by atoms with Crippen molar-refractivity contribution in [3.05, 3.63) is 0 Å². The summed E-state index contributed by atoms with van der Waals surface area (Å²) in [5.74, 6) is 0.786. The van der Waals surface area contributed by atoms with E-state index in [1.807, 2.05) is 4.90 Å². The minimum absolute atomic E-state index is 0.133. The molecular formula is C12H23N3O. The van der Waals surface area contributed by atoms with Gasteiger partial charge in [0.05, 0.1) is 0 Å². The van der Waals surface area contributed by atoms with Gasteiger partial charge in [0.25, 0.3) is 0 Å². The van der Waals surface area contributed by atoms with E-state index in [0.717, 1.165) is 44.8 Å². The number of nitrogens with one attached hydrogen (secondary N) is 2. The summed E-state index contributed by atoms with van der Waals surface area (Å²) < 4.78 is 0. The van der Waals surface area contributed by atoms with Gasteiger partial charge in [-0.15, -0.1) is 0 Å². The van der Waals surface area contributed by atoms with Gasteiger partial charge in [0.2, 0.25) is 0 Å². The van der Waals surface area contributed by atoms with Gasteiger partial charge in [0.15, 0.2) is 0 Å². The van der Waals surface area contributed by atoms with Gasteiger partial charge >= 0.3 is 6.03 Å². The Morgan fingerprint density at radius 2 is 2.25 bits per heavy atom. The Morgan fingerprint density at radius 1 is 1.50 bits per heavy atom. The molecule has 2 aliphatic rings. The van der Waals surface area contributed by atoms with Crippen LogP contribution in [0.15, 0.2) is 0 Å². The average Bonchev–Trinajstić information content (AvgIpc) is 2.70. The number of rotatable bonds is 3. The first-order valence-corrected chi connectivity index (χ1v) is 6.48. The molecule has 0 spiro atoms.